The van der Waals surface area contributed by atoms with Gasteiger partial charge >= 0.3 is 6.18 Å². The van der Waals surface area contributed by atoms with Crippen molar-refractivity contribution in [3.05, 3.63) is 30.4 Å². The Morgan fingerprint density at radius 1 is 1.32 bits per heavy atom. The van der Waals surface area contributed by atoms with Gasteiger partial charge in [-0.2, -0.15) is 18.3 Å². The summed E-state index contributed by atoms with van der Waals surface area (Å²) in [6.07, 6.45) is -1.11. The van der Waals surface area contributed by atoms with Crippen molar-refractivity contribution in [3.8, 4) is 5.82 Å². The fourth-order valence-corrected chi connectivity index (χ4v) is 1.47. The van der Waals surface area contributed by atoms with E-state index in [2.05, 4.69) is 20.4 Å². The molecular formula is C11H12F3N5. The average Bonchev–Trinajstić information content (AvgIpc) is 2.89. The standard InChI is InChI=1S/C11H12F3N5/c1-2-3-16-9-4-8(11(12,13)14)5-10(18-9)19-7-15-6-17-19/h4-7H,2-3H2,1H3,(H,16,18). The number of hydrogen-bond acceptors (Lipinski definition) is 4. The minimum Gasteiger partial charge on any atom is -0.370 e. The minimum absolute atomic E-state index is 0.0749. The van der Waals surface area contributed by atoms with Crippen LogP contribution in [0.3, 0.4) is 0 Å². The van der Waals surface area contributed by atoms with E-state index in [1.54, 1.807) is 0 Å². The highest BCUT2D eigenvalue weighted by molar-refractivity contribution is 5.44. The molecule has 5 nitrogen and oxygen atoms in total. The number of alkyl halides is 3. The smallest absolute Gasteiger partial charge is 0.370 e. The Hall–Kier alpha value is -2.12. The van der Waals surface area contributed by atoms with Gasteiger partial charge in [0, 0.05) is 6.54 Å². The van der Waals surface area contributed by atoms with Crippen molar-refractivity contribution in [1.82, 2.24) is 19.7 Å². The molecule has 0 radical (unpaired) electrons. The van der Waals surface area contributed by atoms with Crippen LogP contribution in [0.5, 0.6) is 0 Å². The molecule has 19 heavy (non-hydrogen) atoms. The zero-order valence-electron chi connectivity index (χ0n) is 10.1. The SMILES string of the molecule is CCCNc1cc(C(F)(F)F)cc(-n2cncn2)n1. The van der Waals surface area contributed by atoms with Crippen molar-refractivity contribution in [2.24, 2.45) is 0 Å². The molecule has 102 valence electrons. The van der Waals surface area contributed by atoms with E-state index in [1.165, 1.54) is 17.3 Å². The first kappa shape index (κ1) is 13.3. The van der Waals surface area contributed by atoms with Crippen LogP contribution in [0.2, 0.25) is 0 Å². The van der Waals surface area contributed by atoms with E-state index < -0.39 is 11.7 Å². The number of nitrogens with one attached hydrogen (secondary N) is 1. The van der Waals surface area contributed by atoms with Gasteiger partial charge in [0.15, 0.2) is 5.82 Å². The highest BCUT2D eigenvalue weighted by Gasteiger charge is 2.31. The molecule has 0 bridgehead atoms. The quantitative estimate of drug-likeness (QED) is 0.928. The largest absolute Gasteiger partial charge is 0.416 e. The Balaban J connectivity index is 2.43. The van der Waals surface area contributed by atoms with Crippen LogP contribution in [-0.2, 0) is 6.18 Å². The maximum absolute atomic E-state index is 12.8. The molecule has 0 saturated carbocycles. The molecule has 0 aromatic carbocycles. The molecule has 0 aliphatic rings. The third kappa shape index (κ3) is 3.21. The number of pyridine rings is 1. The van der Waals surface area contributed by atoms with Gasteiger partial charge in [-0.25, -0.2) is 14.6 Å². The van der Waals surface area contributed by atoms with Gasteiger partial charge < -0.3 is 5.32 Å². The Morgan fingerprint density at radius 3 is 2.68 bits per heavy atom. The minimum atomic E-state index is -4.43. The van der Waals surface area contributed by atoms with Crippen molar-refractivity contribution in [2.75, 3.05) is 11.9 Å². The first-order chi connectivity index (χ1) is 9.00. The maximum Gasteiger partial charge on any atom is 0.416 e. The first-order valence-corrected chi connectivity index (χ1v) is 5.69. The zero-order valence-corrected chi connectivity index (χ0v) is 10.1. The lowest BCUT2D eigenvalue weighted by Crippen LogP contribution is -2.11. The van der Waals surface area contributed by atoms with Gasteiger partial charge in [-0.15, -0.1) is 0 Å². The molecule has 2 rings (SSSR count). The molecule has 1 N–H and O–H groups in total. The fraction of sp³-hybridized carbons (Fsp3) is 0.364. The molecule has 0 aliphatic heterocycles. The summed E-state index contributed by atoms with van der Waals surface area (Å²) in [5, 5.41) is 6.62. The van der Waals surface area contributed by atoms with Crippen molar-refractivity contribution in [3.63, 3.8) is 0 Å². The van der Waals surface area contributed by atoms with Crippen LogP contribution in [-0.4, -0.2) is 26.3 Å². The van der Waals surface area contributed by atoms with E-state index in [9.17, 15) is 13.2 Å². The van der Waals surface area contributed by atoms with Crippen molar-refractivity contribution < 1.29 is 13.2 Å². The monoisotopic (exact) mass is 271 g/mol. The molecule has 0 aliphatic carbocycles. The number of nitrogens with zero attached hydrogens (tertiary/aromatic N) is 4. The second-order valence-electron chi connectivity index (χ2n) is 3.86. The molecule has 0 saturated heterocycles. The van der Waals surface area contributed by atoms with Crippen LogP contribution < -0.4 is 5.32 Å². The van der Waals surface area contributed by atoms with Gasteiger partial charge in [0.2, 0.25) is 0 Å². The predicted octanol–water partition coefficient (Wildman–Crippen LogP) is 2.50. The van der Waals surface area contributed by atoms with Crippen molar-refractivity contribution in [2.45, 2.75) is 19.5 Å². The lowest BCUT2D eigenvalue weighted by Gasteiger charge is -2.12. The van der Waals surface area contributed by atoms with Gasteiger partial charge in [0.1, 0.15) is 18.5 Å². The van der Waals surface area contributed by atoms with Gasteiger partial charge in [-0.3, -0.25) is 0 Å². The second kappa shape index (κ2) is 5.25. The fourth-order valence-electron chi connectivity index (χ4n) is 1.47. The molecular weight excluding hydrogens is 259 g/mol. The molecule has 2 heterocycles. The van der Waals surface area contributed by atoms with Crippen LogP contribution in [0.25, 0.3) is 5.82 Å². The Kier molecular flexibility index (Phi) is 3.68. The Bertz CT molecular complexity index is 536. The number of halogens is 3. The number of aromatic nitrogens is 4. The van der Waals surface area contributed by atoms with E-state index >= 15 is 0 Å². The van der Waals surface area contributed by atoms with E-state index in [0.29, 0.717) is 6.54 Å². The second-order valence-corrected chi connectivity index (χ2v) is 3.86. The highest BCUT2D eigenvalue weighted by atomic mass is 19.4. The highest BCUT2D eigenvalue weighted by Crippen LogP contribution is 2.31. The van der Waals surface area contributed by atoms with Crippen LogP contribution in [0.15, 0.2) is 24.8 Å². The maximum atomic E-state index is 12.8. The van der Waals surface area contributed by atoms with E-state index in [-0.39, 0.29) is 11.6 Å². The van der Waals surface area contributed by atoms with Crippen LogP contribution in [0.1, 0.15) is 18.9 Å². The van der Waals surface area contributed by atoms with Gasteiger partial charge in [-0.1, -0.05) is 6.92 Å². The molecule has 0 fully saturated rings. The summed E-state index contributed by atoms with van der Waals surface area (Å²) in [5.41, 5.74) is -0.772. The third-order valence-corrected chi connectivity index (χ3v) is 2.35. The first-order valence-electron chi connectivity index (χ1n) is 5.69. The normalized spacial score (nSPS) is 11.6. The summed E-state index contributed by atoms with van der Waals surface area (Å²) in [6.45, 7) is 2.46. The molecule has 8 heteroatoms. The zero-order chi connectivity index (χ0) is 13.9. The topological polar surface area (TPSA) is 55.6 Å². The summed E-state index contributed by atoms with van der Waals surface area (Å²) in [7, 11) is 0. The van der Waals surface area contributed by atoms with Gasteiger partial charge in [0.05, 0.1) is 5.56 Å². The molecule has 0 amide bonds. The van der Waals surface area contributed by atoms with E-state index in [4.69, 9.17) is 0 Å². The molecule has 0 atom stereocenters. The van der Waals surface area contributed by atoms with Gasteiger partial charge in [-0.05, 0) is 18.6 Å². The molecule has 0 unspecified atom stereocenters. The lowest BCUT2D eigenvalue weighted by molar-refractivity contribution is -0.137. The van der Waals surface area contributed by atoms with Gasteiger partial charge in [0.25, 0.3) is 0 Å². The average molecular weight is 271 g/mol. The van der Waals surface area contributed by atoms with Crippen LogP contribution in [0, 0.1) is 0 Å². The lowest BCUT2D eigenvalue weighted by atomic mass is 10.2. The summed E-state index contributed by atoms with van der Waals surface area (Å²) in [5.74, 6) is 0.244. The van der Waals surface area contributed by atoms with E-state index in [0.717, 1.165) is 18.6 Å². The molecule has 2 aromatic heterocycles. The van der Waals surface area contributed by atoms with Crippen LogP contribution >= 0.6 is 0 Å². The number of anilines is 1. The van der Waals surface area contributed by atoms with Crippen LogP contribution in [0.4, 0.5) is 19.0 Å². The summed E-state index contributed by atoms with van der Waals surface area (Å²) in [6, 6.07) is 1.92. The summed E-state index contributed by atoms with van der Waals surface area (Å²) >= 11 is 0. The number of rotatable bonds is 4. The van der Waals surface area contributed by atoms with E-state index in [1.807, 2.05) is 6.92 Å². The molecule has 0 spiro atoms. The Labute approximate surface area is 107 Å². The predicted molar refractivity (Wildman–Crippen MR) is 62.9 cm³/mol. The third-order valence-electron chi connectivity index (χ3n) is 2.35. The summed E-state index contributed by atoms with van der Waals surface area (Å²) < 4.78 is 39.6. The number of hydrogen-bond donors (Lipinski definition) is 1. The summed E-state index contributed by atoms with van der Waals surface area (Å²) in [4.78, 5) is 7.77. The van der Waals surface area contributed by atoms with Crippen molar-refractivity contribution >= 4 is 5.82 Å². The Morgan fingerprint density at radius 2 is 2.11 bits per heavy atom. The molecule has 2 aromatic rings. The van der Waals surface area contributed by atoms with Crippen molar-refractivity contribution in [1.29, 1.82) is 0 Å².